The maximum atomic E-state index is 4.25. The number of benzene rings is 1. The summed E-state index contributed by atoms with van der Waals surface area (Å²) in [6.07, 6.45) is 4.27. The molecule has 0 aliphatic rings. The minimum Gasteiger partial charge on any atom is -0.143 e. The van der Waals surface area contributed by atoms with E-state index in [9.17, 15) is 0 Å². The third-order valence-electron chi connectivity index (χ3n) is 1.99. The van der Waals surface area contributed by atoms with Gasteiger partial charge in [-0.05, 0) is 44.0 Å². The topological polar surface area (TPSA) is 0 Å². The Morgan fingerprint density at radius 3 is 2.07 bits per heavy atom. The molecule has 0 atom stereocenters. The second-order valence-corrected chi connectivity index (χ2v) is 4.16. The lowest BCUT2D eigenvalue weighted by Crippen LogP contribution is -1.78. The standard InChI is InChI=1S/C13H16S/c1-10(2)4-5-11(3)12-6-8-13(14)9-7-12/h4-9,14H,1-3H3/b11-5+. The molecule has 0 N–H and O–H groups in total. The summed E-state index contributed by atoms with van der Waals surface area (Å²) in [5.74, 6) is 0. The number of thiol groups is 1. The van der Waals surface area contributed by atoms with Crippen molar-refractivity contribution in [2.24, 2.45) is 0 Å². The fourth-order valence-electron chi connectivity index (χ4n) is 1.11. The zero-order valence-electron chi connectivity index (χ0n) is 8.91. The average molecular weight is 204 g/mol. The van der Waals surface area contributed by atoms with Crippen molar-refractivity contribution in [1.29, 1.82) is 0 Å². The van der Waals surface area contributed by atoms with Gasteiger partial charge in [0.05, 0.1) is 0 Å². The van der Waals surface area contributed by atoms with Crippen LogP contribution < -0.4 is 0 Å². The molecule has 14 heavy (non-hydrogen) atoms. The van der Waals surface area contributed by atoms with Gasteiger partial charge < -0.3 is 0 Å². The molecule has 0 nitrogen and oxygen atoms in total. The molecule has 0 aliphatic carbocycles. The van der Waals surface area contributed by atoms with Crippen molar-refractivity contribution < 1.29 is 0 Å². The molecule has 0 radical (unpaired) electrons. The van der Waals surface area contributed by atoms with Crippen LogP contribution in [0.25, 0.3) is 5.57 Å². The zero-order valence-corrected chi connectivity index (χ0v) is 9.81. The highest BCUT2D eigenvalue weighted by atomic mass is 32.1. The summed E-state index contributed by atoms with van der Waals surface area (Å²) in [5.41, 5.74) is 3.84. The van der Waals surface area contributed by atoms with Crippen molar-refractivity contribution in [3.8, 4) is 0 Å². The molecule has 1 aromatic carbocycles. The van der Waals surface area contributed by atoms with Gasteiger partial charge in [-0.1, -0.05) is 29.9 Å². The molecule has 0 spiro atoms. The first-order valence-corrected chi connectivity index (χ1v) is 5.15. The highest BCUT2D eigenvalue weighted by Crippen LogP contribution is 2.16. The predicted octanol–water partition coefficient (Wildman–Crippen LogP) is 4.34. The van der Waals surface area contributed by atoms with Gasteiger partial charge in [0.15, 0.2) is 0 Å². The molecule has 0 amide bonds. The Hall–Kier alpha value is -0.950. The molecule has 0 fully saturated rings. The van der Waals surface area contributed by atoms with Gasteiger partial charge >= 0.3 is 0 Å². The summed E-state index contributed by atoms with van der Waals surface area (Å²) < 4.78 is 0. The molecule has 0 aliphatic heterocycles. The van der Waals surface area contributed by atoms with Gasteiger partial charge in [-0.3, -0.25) is 0 Å². The lowest BCUT2D eigenvalue weighted by molar-refractivity contribution is 1.39. The number of hydrogen-bond acceptors (Lipinski definition) is 1. The Balaban J connectivity index is 2.89. The van der Waals surface area contributed by atoms with Gasteiger partial charge in [-0.15, -0.1) is 12.6 Å². The van der Waals surface area contributed by atoms with Gasteiger partial charge in [0, 0.05) is 4.90 Å². The van der Waals surface area contributed by atoms with Crippen LogP contribution in [0.5, 0.6) is 0 Å². The van der Waals surface area contributed by atoms with E-state index >= 15 is 0 Å². The van der Waals surface area contributed by atoms with Crippen LogP contribution in [-0.4, -0.2) is 0 Å². The zero-order chi connectivity index (χ0) is 10.6. The third-order valence-corrected chi connectivity index (χ3v) is 2.29. The predicted molar refractivity (Wildman–Crippen MR) is 66.8 cm³/mol. The van der Waals surface area contributed by atoms with E-state index in [0.717, 1.165) is 4.90 Å². The van der Waals surface area contributed by atoms with E-state index in [1.807, 2.05) is 12.1 Å². The molecule has 0 heterocycles. The fraction of sp³-hybridized carbons (Fsp3) is 0.231. The molecule has 0 saturated carbocycles. The SMILES string of the molecule is CC(C)=C/C=C(\C)c1ccc(S)cc1. The van der Waals surface area contributed by atoms with Crippen LogP contribution in [0, 0.1) is 0 Å². The first kappa shape index (κ1) is 11.1. The molecule has 74 valence electrons. The highest BCUT2D eigenvalue weighted by Gasteiger charge is 1.93. The lowest BCUT2D eigenvalue weighted by Gasteiger charge is -2.00. The summed E-state index contributed by atoms with van der Waals surface area (Å²) in [5, 5.41) is 0. The van der Waals surface area contributed by atoms with E-state index in [2.05, 4.69) is 57.7 Å². The smallest absolute Gasteiger partial charge is 0.00403 e. The Morgan fingerprint density at radius 1 is 1.00 bits per heavy atom. The number of rotatable bonds is 2. The second-order valence-electron chi connectivity index (χ2n) is 3.64. The van der Waals surface area contributed by atoms with Crippen molar-refractivity contribution in [3.63, 3.8) is 0 Å². The second kappa shape index (κ2) is 5.06. The van der Waals surface area contributed by atoms with Crippen molar-refractivity contribution in [1.82, 2.24) is 0 Å². The molecule has 1 rings (SSSR count). The summed E-state index contributed by atoms with van der Waals surface area (Å²) in [6, 6.07) is 8.20. The van der Waals surface area contributed by atoms with Crippen LogP contribution in [0.1, 0.15) is 26.3 Å². The molecular weight excluding hydrogens is 188 g/mol. The van der Waals surface area contributed by atoms with Crippen molar-refractivity contribution in [3.05, 3.63) is 47.6 Å². The average Bonchev–Trinajstić information content (AvgIpc) is 2.15. The number of allylic oxidation sites excluding steroid dienone is 4. The molecule has 1 aromatic rings. The summed E-state index contributed by atoms with van der Waals surface area (Å²) >= 11 is 4.25. The van der Waals surface area contributed by atoms with E-state index in [1.54, 1.807) is 0 Å². The van der Waals surface area contributed by atoms with Crippen LogP contribution >= 0.6 is 12.6 Å². The maximum absolute atomic E-state index is 4.25. The summed E-state index contributed by atoms with van der Waals surface area (Å²) in [6.45, 7) is 6.31. The van der Waals surface area contributed by atoms with Crippen LogP contribution in [-0.2, 0) is 0 Å². The van der Waals surface area contributed by atoms with Crippen LogP contribution in [0.3, 0.4) is 0 Å². The largest absolute Gasteiger partial charge is 0.143 e. The normalized spacial score (nSPS) is 11.3. The number of hydrogen-bond donors (Lipinski definition) is 1. The van der Waals surface area contributed by atoms with Crippen LogP contribution in [0.2, 0.25) is 0 Å². The summed E-state index contributed by atoms with van der Waals surface area (Å²) in [7, 11) is 0. The third kappa shape index (κ3) is 3.43. The van der Waals surface area contributed by atoms with Gasteiger partial charge in [0.1, 0.15) is 0 Å². The van der Waals surface area contributed by atoms with E-state index in [-0.39, 0.29) is 0 Å². The molecule has 0 aromatic heterocycles. The monoisotopic (exact) mass is 204 g/mol. The lowest BCUT2D eigenvalue weighted by atomic mass is 10.1. The van der Waals surface area contributed by atoms with Gasteiger partial charge in [-0.25, -0.2) is 0 Å². The van der Waals surface area contributed by atoms with Gasteiger partial charge in [0.2, 0.25) is 0 Å². The van der Waals surface area contributed by atoms with E-state index in [0.29, 0.717) is 0 Å². The van der Waals surface area contributed by atoms with Crippen LogP contribution in [0.15, 0.2) is 46.9 Å². The van der Waals surface area contributed by atoms with Gasteiger partial charge in [0.25, 0.3) is 0 Å². The molecule has 1 heteroatoms. The summed E-state index contributed by atoms with van der Waals surface area (Å²) in [4.78, 5) is 1.00. The Labute approximate surface area is 91.8 Å². The van der Waals surface area contributed by atoms with Crippen molar-refractivity contribution in [2.45, 2.75) is 25.7 Å². The van der Waals surface area contributed by atoms with E-state index in [1.165, 1.54) is 16.7 Å². The molecule has 0 unspecified atom stereocenters. The van der Waals surface area contributed by atoms with Gasteiger partial charge in [-0.2, -0.15) is 0 Å². The Kier molecular flexibility index (Phi) is 4.02. The first-order chi connectivity index (χ1) is 6.59. The van der Waals surface area contributed by atoms with E-state index in [4.69, 9.17) is 0 Å². The van der Waals surface area contributed by atoms with E-state index < -0.39 is 0 Å². The van der Waals surface area contributed by atoms with Crippen molar-refractivity contribution >= 4 is 18.2 Å². The molecule has 0 bridgehead atoms. The first-order valence-electron chi connectivity index (χ1n) is 4.71. The maximum Gasteiger partial charge on any atom is 0.00403 e. The molecular formula is C13H16S. The quantitative estimate of drug-likeness (QED) is 0.537. The fourth-order valence-corrected chi connectivity index (χ4v) is 1.26. The minimum atomic E-state index is 1.00. The van der Waals surface area contributed by atoms with Crippen molar-refractivity contribution in [2.75, 3.05) is 0 Å². The Bertz CT molecular complexity index is 351. The molecule has 0 saturated heterocycles. The van der Waals surface area contributed by atoms with Crippen LogP contribution in [0.4, 0.5) is 0 Å². The highest BCUT2D eigenvalue weighted by molar-refractivity contribution is 7.80. The Morgan fingerprint density at radius 2 is 1.57 bits per heavy atom. The minimum absolute atomic E-state index is 1.00.